The van der Waals surface area contributed by atoms with E-state index in [0.29, 0.717) is 48.5 Å². The summed E-state index contributed by atoms with van der Waals surface area (Å²) in [6, 6.07) is 0. The molecule has 6 rings (SSSR count). The average molecular weight is 924 g/mol. The first kappa shape index (κ1) is 40.3. The third-order valence-corrected chi connectivity index (χ3v) is 16.9. The second-order valence-electron chi connectivity index (χ2n) is 13.6. The molecule has 0 unspecified atom stereocenters. The number of carbonyl (C=O) groups is 2. The van der Waals surface area contributed by atoms with Crippen LogP contribution in [0.25, 0.3) is 49.4 Å². The Morgan fingerprint density at radius 2 is 0.642 bits per heavy atom. The van der Waals surface area contributed by atoms with Gasteiger partial charge in [-0.05, 0) is 0 Å². The zero-order valence-corrected chi connectivity index (χ0v) is 37.4. The Balaban J connectivity index is 1.79. The van der Waals surface area contributed by atoms with Gasteiger partial charge in [-0.2, -0.15) is 0 Å². The van der Waals surface area contributed by atoms with E-state index in [0.717, 1.165) is 149 Å². The summed E-state index contributed by atoms with van der Waals surface area (Å²) in [6.07, 6.45) is 11.2. The molecule has 0 atom stereocenters. The molecule has 0 saturated heterocycles. The van der Waals surface area contributed by atoms with Crippen LogP contribution in [0.1, 0.15) is 137 Å². The predicted octanol–water partition coefficient (Wildman–Crippen LogP) is 10.1. The Bertz CT molecular complexity index is 1970. The van der Waals surface area contributed by atoms with Crippen molar-refractivity contribution in [2.75, 3.05) is 39.6 Å². The van der Waals surface area contributed by atoms with Crippen molar-refractivity contribution in [2.24, 2.45) is 0 Å². The summed E-state index contributed by atoms with van der Waals surface area (Å²) in [7, 11) is 0. The molecule has 3 aromatic heterocycles. The van der Waals surface area contributed by atoms with Crippen LogP contribution in [-0.4, -0.2) is 95.1 Å². The topological polar surface area (TPSA) is 89.5 Å². The molecule has 0 aliphatic rings. The van der Waals surface area contributed by atoms with Gasteiger partial charge in [0.25, 0.3) is 0 Å². The minimum absolute atomic E-state index is 0.209. The van der Waals surface area contributed by atoms with E-state index in [-0.39, 0.29) is 26.4 Å². The molecule has 0 N–H and O–H groups in total. The fourth-order valence-corrected chi connectivity index (χ4v) is 14.4. The first-order valence-electron chi connectivity index (χ1n) is 19.8. The molecule has 288 valence electrons. The molecule has 0 spiro atoms. The van der Waals surface area contributed by atoms with Crippen molar-refractivity contribution in [2.45, 2.75) is 119 Å². The SMILES string of the molecule is CCCCOC(=O)c1[se]c2c(OCCCC)c(OCCCC)c3[se]c4c(OCCCC)c(OCCCC)c5[se]c(C(=O)OCCCC)c6c1c2c3c4c56. The van der Waals surface area contributed by atoms with Gasteiger partial charge >= 0.3 is 333 Å². The van der Waals surface area contributed by atoms with Crippen LogP contribution in [0, 0.1) is 0 Å². The Hall–Kier alpha value is -2.38. The van der Waals surface area contributed by atoms with E-state index in [2.05, 4.69) is 41.5 Å². The predicted molar refractivity (Wildman–Crippen MR) is 219 cm³/mol. The molecule has 0 saturated carbocycles. The third-order valence-electron chi connectivity index (χ3n) is 9.52. The fourth-order valence-electron chi connectivity index (χ4n) is 6.61. The molecule has 53 heavy (non-hydrogen) atoms. The molecule has 6 aromatic rings. The van der Waals surface area contributed by atoms with Crippen LogP contribution in [0.3, 0.4) is 0 Å². The Morgan fingerprint density at radius 3 is 0.943 bits per heavy atom. The Morgan fingerprint density at radius 1 is 0.377 bits per heavy atom. The maximum atomic E-state index is 14.3. The number of ether oxygens (including phenoxy) is 6. The number of unbranched alkanes of at least 4 members (excludes halogenated alkanes) is 6. The van der Waals surface area contributed by atoms with E-state index in [1.54, 1.807) is 0 Å². The van der Waals surface area contributed by atoms with E-state index in [4.69, 9.17) is 28.4 Å². The fraction of sp³-hybridized carbons (Fsp3) is 0.571. The van der Waals surface area contributed by atoms with Crippen LogP contribution in [-0.2, 0) is 9.47 Å². The van der Waals surface area contributed by atoms with Crippen LogP contribution in [0.15, 0.2) is 0 Å². The first-order valence-corrected chi connectivity index (χ1v) is 25.0. The van der Waals surface area contributed by atoms with E-state index in [9.17, 15) is 9.59 Å². The molecular weight excluding hydrogens is 869 g/mol. The maximum absolute atomic E-state index is 14.3. The van der Waals surface area contributed by atoms with E-state index in [1.165, 1.54) is 0 Å². The zero-order chi connectivity index (χ0) is 37.5. The summed E-state index contributed by atoms with van der Waals surface area (Å²) in [6.45, 7) is 15.9. The number of hydrogen-bond acceptors (Lipinski definition) is 8. The van der Waals surface area contributed by atoms with Gasteiger partial charge in [0, 0.05) is 0 Å². The number of carbonyl (C=O) groups excluding carboxylic acids is 2. The van der Waals surface area contributed by atoms with Gasteiger partial charge in [0.1, 0.15) is 0 Å². The normalized spacial score (nSPS) is 12.0. The summed E-state index contributed by atoms with van der Waals surface area (Å²) in [5.74, 6) is 2.56. The number of esters is 2. The standard InChI is InChI=1S/C42H54O8Se3/c1-7-13-19-45-31-33(47-21-15-9-3)37-27-25-26-28-30(29(27)39(52-37)41(43)49-23-17-11-5)40(42(44)50-24-18-12-6)53-38(28)34(48-22-16-10-4)32(46-20-14-8-2)36(26)51-35(25)31/h7-24H2,1-6H3. The van der Waals surface area contributed by atoms with Crippen LogP contribution >= 0.6 is 0 Å². The van der Waals surface area contributed by atoms with Crippen molar-refractivity contribution in [3.63, 3.8) is 0 Å². The van der Waals surface area contributed by atoms with Gasteiger partial charge in [0.2, 0.25) is 0 Å². The van der Waals surface area contributed by atoms with Crippen molar-refractivity contribution < 1.29 is 38.0 Å². The van der Waals surface area contributed by atoms with E-state index >= 15 is 0 Å². The van der Waals surface area contributed by atoms with Crippen LogP contribution in [0.4, 0.5) is 0 Å². The second-order valence-corrected chi connectivity index (χ2v) is 20.1. The van der Waals surface area contributed by atoms with Crippen molar-refractivity contribution in [3.05, 3.63) is 8.87 Å². The molecule has 0 amide bonds. The van der Waals surface area contributed by atoms with Gasteiger partial charge in [0.05, 0.1) is 0 Å². The van der Waals surface area contributed by atoms with Gasteiger partial charge < -0.3 is 0 Å². The van der Waals surface area contributed by atoms with Crippen molar-refractivity contribution in [3.8, 4) is 23.0 Å². The summed E-state index contributed by atoms with van der Waals surface area (Å²) < 4.78 is 44.7. The molecule has 0 aliphatic carbocycles. The Labute approximate surface area is 331 Å². The second kappa shape index (κ2) is 19.0. The monoisotopic (exact) mass is 926 g/mol. The van der Waals surface area contributed by atoms with Gasteiger partial charge in [0.15, 0.2) is 0 Å². The zero-order valence-electron chi connectivity index (χ0n) is 32.2. The summed E-state index contributed by atoms with van der Waals surface area (Å²) in [5, 5.41) is 6.01. The Kier molecular flexibility index (Phi) is 14.4. The van der Waals surface area contributed by atoms with Gasteiger partial charge in [-0.3, -0.25) is 0 Å². The average Bonchev–Trinajstić information content (AvgIpc) is 3.86. The number of fused-ring (bicyclic) bond motifs is 1. The summed E-state index contributed by atoms with van der Waals surface area (Å²) in [4.78, 5) is 28.5. The molecular formula is C42H54O8Se3. The number of rotatable bonds is 24. The van der Waals surface area contributed by atoms with Crippen LogP contribution < -0.4 is 18.9 Å². The molecule has 0 aliphatic heterocycles. The summed E-state index contributed by atoms with van der Waals surface area (Å²) in [5.41, 5.74) is 0. The molecule has 11 heteroatoms. The molecule has 0 radical (unpaired) electrons. The van der Waals surface area contributed by atoms with Gasteiger partial charge in [-0.15, -0.1) is 0 Å². The van der Waals surface area contributed by atoms with E-state index in [1.807, 2.05) is 0 Å². The third kappa shape index (κ3) is 7.86. The quantitative estimate of drug-likeness (QED) is 0.0257. The molecule has 8 nitrogen and oxygen atoms in total. The van der Waals surface area contributed by atoms with Crippen LogP contribution in [0.2, 0.25) is 0 Å². The molecule has 3 aromatic carbocycles. The van der Waals surface area contributed by atoms with Gasteiger partial charge in [-0.25, -0.2) is 0 Å². The number of benzene rings is 3. The van der Waals surface area contributed by atoms with Crippen molar-refractivity contribution in [1.29, 1.82) is 0 Å². The first-order chi connectivity index (χ1) is 26.0. The van der Waals surface area contributed by atoms with E-state index < -0.39 is 29.0 Å². The number of hydrogen-bond donors (Lipinski definition) is 0. The summed E-state index contributed by atoms with van der Waals surface area (Å²) >= 11 is -1.09. The molecule has 3 heterocycles. The van der Waals surface area contributed by atoms with Crippen LogP contribution in [0.5, 0.6) is 23.0 Å². The van der Waals surface area contributed by atoms with Gasteiger partial charge in [-0.1, -0.05) is 0 Å². The minimum atomic E-state index is -0.438. The van der Waals surface area contributed by atoms with Crippen molar-refractivity contribution >= 4 is 105 Å². The molecule has 0 fully saturated rings. The van der Waals surface area contributed by atoms with Crippen molar-refractivity contribution in [1.82, 2.24) is 0 Å². The molecule has 0 bridgehead atoms.